The molecule has 0 aromatic carbocycles. The molecule has 14 heavy (non-hydrogen) atoms. The van der Waals surface area contributed by atoms with E-state index < -0.39 is 5.60 Å². The fourth-order valence-corrected chi connectivity index (χ4v) is 2.56. The van der Waals surface area contributed by atoms with Crippen LogP contribution in [0, 0.1) is 0 Å². The van der Waals surface area contributed by atoms with Crippen LogP contribution in [-0.2, 0) is 4.74 Å². The Labute approximate surface area is 86.0 Å². The summed E-state index contributed by atoms with van der Waals surface area (Å²) in [6, 6.07) is 0. The summed E-state index contributed by atoms with van der Waals surface area (Å²) in [7, 11) is 0. The Hall–Kier alpha value is -0.120. The quantitative estimate of drug-likeness (QED) is 0.720. The van der Waals surface area contributed by atoms with Crippen LogP contribution in [0.4, 0.5) is 0 Å². The van der Waals surface area contributed by atoms with E-state index in [1.807, 2.05) is 6.92 Å². The molecule has 2 rings (SSSR count). The molecule has 0 bridgehead atoms. The average molecular weight is 199 g/mol. The summed E-state index contributed by atoms with van der Waals surface area (Å²) in [6.45, 7) is 5.81. The Morgan fingerprint density at radius 3 is 3.00 bits per heavy atom. The first-order chi connectivity index (χ1) is 6.66. The van der Waals surface area contributed by atoms with Crippen molar-refractivity contribution in [1.82, 2.24) is 4.90 Å². The number of β-amino-alcohol motifs (C(OH)–C–C–N with tert-alkyl or cyclic N) is 1. The van der Waals surface area contributed by atoms with Gasteiger partial charge in [0.1, 0.15) is 0 Å². The zero-order valence-corrected chi connectivity index (χ0v) is 9.04. The molecule has 3 nitrogen and oxygen atoms in total. The van der Waals surface area contributed by atoms with Crippen LogP contribution in [-0.4, -0.2) is 48.0 Å². The second-order valence-electron chi connectivity index (χ2n) is 4.97. The molecule has 0 saturated carbocycles. The Morgan fingerprint density at radius 2 is 2.36 bits per heavy atom. The first-order valence-electron chi connectivity index (χ1n) is 5.72. The third-order valence-corrected chi connectivity index (χ3v) is 3.24. The van der Waals surface area contributed by atoms with Gasteiger partial charge >= 0.3 is 0 Å². The molecule has 0 amide bonds. The number of hydrogen-bond acceptors (Lipinski definition) is 3. The third kappa shape index (κ3) is 2.69. The second kappa shape index (κ2) is 4.17. The Kier molecular flexibility index (Phi) is 3.10. The number of likely N-dealkylation sites (tertiary alicyclic amines) is 1. The Morgan fingerprint density at radius 1 is 1.50 bits per heavy atom. The van der Waals surface area contributed by atoms with Gasteiger partial charge in [0.15, 0.2) is 0 Å². The maximum Gasteiger partial charge on any atom is 0.0746 e. The van der Waals surface area contributed by atoms with E-state index in [4.69, 9.17) is 4.74 Å². The van der Waals surface area contributed by atoms with Gasteiger partial charge in [-0.25, -0.2) is 0 Å². The third-order valence-electron chi connectivity index (χ3n) is 3.24. The molecule has 2 heterocycles. The van der Waals surface area contributed by atoms with Crippen molar-refractivity contribution in [2.45, 2.75) is 44.3 Å². The van der Waals surface area contributed by atoms with Crippen molar-refractivity contribution >= 4 is 0 Å². The summed E-state index contributed by atoms with van der Waals surface area (Å²) in [4.78, 5) is 2.35. The van der Waals surface area contributed by atoms with Crippen LogP contribution in [0.2, 0.25) is 0 Å². The monoisotopic (exact) mass is 199 g/mol. The van der Waals surface area contributed by atoms with Gasteiger partial charge in [-0.3, -0.25) is 4.90 Å². The van der Waals surface area contributed by atoms with Crippen molar-refractivity contribution < 1.29 is 9.84 Å². The van der Waals surface area contributed by atoms with Crippen molar-refractivity contribution in [2.24, 2.45) is 0 Å². The van der Waals surface area contributed by atoms with Gasteiger partial charge in [-0.1, -0.05) is 0 Å². The lowest BCUT2D eigenvalue weighted by atomic mass is 9.95. The molecule has 1 N–H and O–H groups in total. The van der Waals surface area contributed by atoms with Gasteiger partial charge in [0.05, 0.1) is 11.7 Å². The predicted octanol–water partition coefficient (Wildman–Crippen LogP) is 1.01. The smallest absolute Gasteiger partial charge is 0.0746 e. The van der Waals surface area contributed by atoms with Crippen molar-refractivity contribution in [1.29, 1.82) is 0 Å². The van der Waals surface area contributed by atoms with Crippen LogP contribution in [0.1, 0.15) is 32.6 Å². The zero-order valence-electron chi connectivity index (χ0n) is 9.04. The summed E-state index contributed by atoms with van der Waals surface area (Å²) >= 11 is 0. The highest BCUT2D eigenvalue weighted by Gasteiger charge is 2.30. The molecule has 0 aromatic rings. The van der Waals surface area contributed by atoms with E-state index in [1.165, 1.54) is 12.8 Å². The fraction of sp³-hybridized carbons (Fsp3) is 1.00. The number of ether oxygens (including phenoxy) is 1. The highest BCUT2D eigenvalue weighted by atomic mass is 16.5. The topological polar surface area (TPSA) is 32.7 Å². The van der Waals surface area contributed by atoms with Gasteiger partial charge in [-0.2, -0.15) is 0 Å². The lowest BCUT2D eigenvalue weighted by Gasteiger charge is -2.37. The van der Waals surface area contributed by atoms with Crippen LogP contribution in [0.5, 0.6) is 0 Å². The molecule has 2 fully saturated rings. The number of rotatable bonds is 2. The molecular weight excluding hydrogens is 178 g/mol. The van der Waals surface area contributed by atoms with Gasteiger partial charge in [0.25, 0.3) is 0 Å². The van der Waals surface area contributed by atoms with Gasteiger partial charge in [-0.05, 0) is 39.2 Å². The van der Waals surface area contributed by atoms with E-state index in [9.17, 15) is 5.11 Å². The molecule has 2 saturated heterocycles. The highest BCUT2D eigenvalue weighted by molar-refractivity contribution is 4.84. The van der Waals surface area contributed by atoms with Crippen molar-refractivity contribution in [2.75, 3.05) is 26.2 Å². The predicted molar refractivity (Wildman–Crippen MR) is 55.3 cm³/mol. The fourth-order valence-electron chi connectivity index (χ4n) is 2.56. The van der Waals surface area contributed by atoms with Crippen LogP contribution < -0.4 is 0 Å². The Bertz CT molecular complexity index is 188. The molecule has 0 aliphatic carbocycles. The van der Waals surface area contributed by atoms with Crippen LogP contribution >= 0.6 is 0 Å². The first-order valence-corrected chi connectivity index (χ1v) is 5.72. The minimum atomic E-state index is -0.475. The van der Waals surface area contributed by atoms with E-state index in [0.29, 0.717) is 6.10 Å². The SMILES string of the molecule is CC1(O)CCCN(CC2CCCO2)C1. The maximum absolute atomic E-state index is 9.94. The normalized spacial score (nSPS) is 40.3. The molecule has 2 aliphatic rings. The number of piperidine rings is 1. The molecule has 2 atom stereocenters. The lowest BCUT2D eigenvalue weighted by molar-refractivity contribution is -0.0308. The molecule has 3 heteroatoms. The van der Waals surface area contributed by atoms with E-state index in [2.05, 4.69) is 4.90 Å². The van der Waals surface area contributed by atoms with Crippen molar-refractivity contribution in [3.63, 3.8) is 0 Å². The van der Waals surface area contributed by atoms with E-state index in [-0.39, 0.29) is 0 Å². The average Bonchev–Trinajstić information content (AvgIpc) is 2.54. The molecule has 0 aromatic heterocycles. The molecule has 2 aliphatic heterocycles. The molecule has 0 spiro atoms. The molecule has 2 unspecified atom stereocenters. The van der Waals surface area contributed by atoms with Crippen molar-refractivity contribution in [3.05, 3.63) is 0 Å². The highest BCUT2D eigenvalue weighted by Crippen LogP contribution is 2.22. The zero-order chi connectivity index (χ0) is 10.0. The van der Waals surface area contributed by atoms with Gasteiger partial charge in [-0.15, -0.1) is 0 Å². The van der Waals surface area contributed by atoms with E-state index in [1.54, 1.807) is 0 Å². The van der Waals surface area contributed by atoms with Gasteiger partial charge in [0, 0.05) is 19.7 Å². The molecular formula is C11H21NO2. The maximum atomic E-state index is 9.94. The minimum absolute atomic E-state index is 0.420. The Balaban J connectivity index is 1.79. The number of hydrogen-bond donors (Lipinski definition) is 1. The summed E-state index contributed by atoms with van der Waals surface area (Å²) in [6.07, 6.45) is 4.87. The second-order valence-corrected chi connectivity index (χ2v) is 4.97. The standard InChI is InChI=1S/C11H21NO2/c1-11(13)5-3-6-12(9-11)8-10-4-2-7-14-10/h10,13H,2-9H2,1H3. The largest absolute Gasteiger partial charge is 0.389 e. The lowest BCUT2D eigenvalue weighted by Crippen LogP contribution is -2.48. The number of nitrogens with zero attached hydrogens (tertiary/aromatic N) is 1. The first kappa shape index (κ1) is 10.4. The van der Waals surface area contributed by atoms with Crippen molar-refractivity contribution in [3.8, 4) is 0 Å². The summed E-state index contributed by atoms with van der Waals surface area (Å²) in [5, 5.41) is 9.94. The van der Waals surface area contributed by atoms with Crippen LogP contribution in [0.25, 0.3) is 0 Å². The summed E-state index contributed by atoms with van der Waals surface area (Å²) < 4.78 is 5.60. The van der Waals surface area contributed by atoms with Crippen LogP contribution in [0.15, 0.2) is 0 Å². The van der Waals surface area contributed by atoms with Gasteiger partial charge < -0.3 is 9.84 Å². The molecule has 82 valence electrons. The molecule has 0 radical (unpaired) electrons. The van der Waals surface area contributed by atoms with Gasteiger partial charge in [0.2, 0.25) is 0 Å². The number of aliphatic hydroxyl groups is 1. The summed E-state index contributed by atoms with van der Waals surface area (Å²) in [5.41, 5.74) is -0.475. The van der Waals surface area contributed by atoms with E-state index in [0.717, 1.165) is 39.1 Å². The van der Waals surface area contributed by atoms with Crippen LogP contribution in [0.3, 0.4) is 0 Å². The van der Waals surface area contributed by atoms with E-state index >= 15 is 0 Å². The minimum Gasteiger partial charge on any atom is -0.389 e. The summed E-state index contributed by atoms with van der Waals surface area (Å²) in [5.74, 6) is 0.